The van der Waals surface area contributed by atoms with Crippen LogP contribution >= 0.6 is 0 Å². The van der Waals surface area contributed by atoms with Gasteiger partial charge in [-0.05, 0) is 13.8 Å². The lowest BCUT2D eigenvalue weighted by molar-refractivity contribution is 0.0637. The van der Waals surface area contributed by atoms with Crippen LogP contribution in [0.3, 0.4) is 0 Å². The first-order chi connectivity index (χ1) is 3.29. The molecule has 7 heavy (non-hydrogen) atoms. The third-order valence-electron chi connectivity index (χ3n) is 1.13. The summed E-state index contributed by atoms with van der Waals surface area (Å²) in [6.07, 6.45) is 0.685. The van der Waals surface area contributed by atoms with Crippen LogP contribution in [0.15, 0.2) is 0 Å². The lowest BCUT2D eigenvalue weighted by atomic mass is 10.4. The van der Waals surface area contributed by atoms with Crippen molar-refractivity contribution in [1.82, 2.24) is 5.32 Å². The van der Waals surface area contributed by atoms with Crippen LogP contribution < -0.4 is 5.32 Å². The lowest BCUT2D eigenvalue weighted by Gasteiger charge is -2.00. The summed E-state index contributed by atoms with van der Waals surface area (Å²) >= 11 is 0. The zero-order valence-electron chi connectivity index (χ0n) is 4.77. The maximum atomic E-state index is 5.25. The van der Waals surface area contributed by atoms with Gasteiger partial charge in [-0.15, -0.1) is 0 Å². The molecule has 0 aliphatic carbocycles. The molecule has 1 aliphatic rings. The molecule has 1 rings (SSSR count). The molecule has 0 spiro atoms. The van der Waals surface area contributed by atoms with Gasteiger partial charge in [-0.3, -0.25) is 5.32 Å². The van der Waals surface area contributed by atoms with Crippen molar-refractivity contribution < 1.29 is 4.74 Å². The first kappa shape index (κ1) is 5.06. The van der Waals surface area contributed by atoms with Crippen molar-refractivity contribution in [1.29, 1.82) is 0 Å². The summed E-state index contributed by atoms with van der Waals surface area (Å²) in [5.41, 5.74) is 0. The van der Waals surface area contributed by atoms with Crippen molar-refractivity contribution in [2.45, 2.75) is 26.2 Å². The van der Waals surface area contributed by atoms with E-state index in [1.54, 1.807) is 0 Å². The topological polar surface area (TPSA) is 21.3 Å². The van der Waals surface area contributed by atoms with E-state index in [0.29, 0.717) is 6.10 Å². The Hall–Kier alpha value is -0.0800. The fraction of sp³-hybridized carbons (Fsp3) is 1.00. The Morgan fingerprint density at radius 3 is 2.43 bits per heavy atom. The molecular formula is C5H11NO. The van der Waals surface area contributed by atoms with Gasteiger partial charge in [0.2, 0.25) is 0 Å². The summed E-state index contributed by atoms with van der Waals surface area (Å²) in [6, 6.07) is 0. The zero-order chi connectivity index (χ0) is 5.28. The summed E-state index contributed by atoms with van der Waals surface area (Å²) < 4.78 is 5.25. The number of hydrogen-bond acceptors (Lipinski definition) is 2. The van der Waals surface area contributed by atoms with Crippen LogP contribution in [0.2, 0.25) is 0 Å². The van der Waals surface area contributed by atoms with E-state index in [1.807, 2.05) is 6.92 Å². The monoisotopic (exact) mass is 101 g/mol. The van der Waals surface area contributed by atoms with E-state index < -0.39 is 0 Å². The lowest BCUT2D eigenvalue weighted by Crippen LogP contribution is -2.17. The van der Waals surface area contributed by atoms with Gasteiger partial charge in [0.1, 0.15) is 6.23 Å². The molecule has 0 amide bonds. The third kappa shape index (κ3) is 1.14. The van der Waals surface area contributed by atoms with Gasteiger partial charge in [0.05, 0.1) is 6.10 Å². The minimum Gasteiger partial charge on any atom is -0.359 e. The van der Waals surface area contributed by atoms with Gasteiger partial charge in [-0.2, -0.15) is 0 Å². The summed E-state index contributed by atoms with van der Waals surface area (Å²) in [7, 11) is 0. The van der Waals surface area contributed by atoms with Gasteiger partial charge in [-0.25, -0.2) is 0 Å². The van der Waals surface area contributed by atoms with Gasteiger partial charge in [-0.1, -0.05) is 0 Å². The second-order valence-corrected chi connectivity index (χ2v) is 2.00. The zero-order valence-corrected chi connectivity index (χ0v) is 4.77. The Morgan fingerprint density at radius 1 is 1.57 bits per heavy atom. The first-order valence-electron chi connectivity index (χ1n) is 2.68. The number of nitrogens with one attached hydrogen (secondary N) is 1. The Morgan fingerprint density at radius 2 is 2.29 bits per heavy atom. The normalized spacial score (nSPS) is 42.0. The molecule has 1 fully saturated rings. The average molecular weight is 101 g/mol. The van der Waals surface area contributed by atoms with Crippen molar-refractivity contribution in [2.75, 3.05) is 6.54 Å². The predicted octanol–water partition coefficient (Wildman–Crippen LogP) is 0.341. The Labute approximate surface area is 43.9 Å². The molecule has 2 nitrogen and oxygen atoms in total. The standard InChI is InChI=1S/C5H11NO/c1-4-3-6-5(2)7-4/h4-6H,3H2,1-2H3. The molecule has 1 N–H and O–H groups in total. The second-order valence-electron chi connectivity index (χ2n) is 2.00. The summed E-state index contributed by atoms with van der Waals surface area (Å²) in [5, 5.41) is 3.15. The average Bonchev–Trinajstić information content (AvgIpc) is 1.87. The molecule has 0 bridgehead atoms. The van der Waals surface area contributed by atoms with Crippen molar-refractivity contribution in [3.05, 3.63) is 0 Å². The highest BCUT2D eigenvalue weighted by Crippen LogP contribution is 2.00. The molecule has 2 atom stereocenters. The Balaban J connectivity index is 2.26. The molecule has 2 heteroatoms. The molecule has 1 saturated heterocycles. The summed E-state index contributed by atoms with van der Waals surface area (Å²) in [5.74, 6) is 0. The van der Waals surface area contributed by atoms with Crippen molar-refractivity contribution in [2.24, 2.45) is 0 Å². The predicted molar refractivity (Wildman–Crippen MR) is 28.0 cm³/mol. The fourth-order valence-corrected chi connectivity index (χ4v) is 0.777. The van der Waals surface area contributed by atoms with Crippen molar-refractivity contribution in [3.8, 4) is 0 Å². The van der Waals surface area contributed by atoms with E-state index in [1.165, 1.54) is 0 Å². The largest absolute Gasteiger partial charge is 0.359 e. The van der Waals surface area contributed by atoms with Crippen LogP contribution in [0.25, 0.3) is 0 Å². The minimum atomic E-state index is 0.273. The summed E-state index contributed by atoms with van der Waals surface area (Å²) in [6.45, 7) is 5.08. The quantitative estimate of drug-likeness (QED) is 0.475. The molecule has 0 aromatic rings. The van der Waals surface area contributed by atoms with E-state index in [2.05, 4.69) is 12.2 Å². The van der Waals surface area contributed by atoms with Crippen LogP contribution in [0.5, 0.6) is 0 Å². The molecule has 2 unspecified atom stereocenters. The Kier molecular flexibility index (Phi) is 1.30. The van der Waals surface area contributed by atoms with E-state index >= 15 is 0 Å². The molecule has 1 heterocycles. The van der Waals surface area contributed by atoms with Crippen molar-refractivity contribution in [3.63, 3.8) is 0 Å². The maximum absolute atomic E-state index is 5.25. The number of ether oxygens (including phenoxy) is 1. The highest BCUT2D eigenvalue weighted by molar-refractivity contribution is 4.64. The highest BCUT2D eigenvalue weighted by atomic mass is 16.5. The van der Waals surface area contributed by atoms with Crippen LogP contribution in [0, 0.1) is 0 Å². The van der Waals surface area contributed by atoms with Crippen molar-refractivity contribution >= 4 is 0 Å². The number of hydrogen-bond donors (Lipinski definition) is 1. The summed E-state index contributed by atoms with van der Waals surface area (Å²) in [4.78, 5) is 0. The van der Waals surface area contributed by atoms with E-state index in [-0.39, 0.29) is 6.23 Å². The molecule has 42 valence electrons. The van der Waals surface area contributed by atoms with Gasteiger partial charge < -0.3 is 4.74 Å². The first-order valence-corrected chi connectivity index (χ1v) is 2.68. The number of rotatable bonds is 0. The highest BCUT2D eigenvalue weighted by Gasteiger charge is 2.14. The second kappa shape index (κ2) is 1.80. The minimum absolute atomic E-state index is 0.273. The smallest absolute Gasteiger partial charge is 0.105 e. The molecule has 0 aromatic carbocycles. The fourth-order valence-electron chi connectivity index (χ4n) is 0.777. The van der Waals surface area contributed by atoms with Gasteiger partial charge in [0, 0.05) is 6.54 Å². The molecular weight excluding hydrogens is 90.1 g/mol. The van der Waals surface area contributed by atoms with E-state index in [0.717, 1.165) is 6.54 Å². The van der Waals surface area contributed by atoms with E-state index in [4.69, 9.17) is 4.74 Å². The molecule has 0 saturated carbocycles. The molecule has 0 radical (unpaired) electrons. The van der Waals surface area contributed by atoms with Crippen LogP contribution in [0.4, 0.5) is 0 Å². The van der Waals surface area contributed by atoms with Crippen LogP contribution in [-0.4, -0.2) is 18.9 Å². The Bertz CT molecular complexity index is 57.1. The van der Waals surface area contributed by atoms with Gasteiger partial charge >= 0.3 is 0 Å². The van der Waals surface area contributed by atoms with Gasteiger partial charge in [0.15, 0.2) is 0 Å². The SMILES string of the molecule is CC1CNC(C)O1. The van der Waals surface area contributed by atoms with Crippen LogP contribution in [-0.2, 0) is 4.74 Å². The third-order valence-corrected chi connectivity index (χ3v) is 1.13. The van der Waals surface area contributed by atoms with Crippen LogP contribution in [0.1, 0.15) is 13.8 Å². The maximum Gasteiger partial charge on any atom is 0.105 e. The molecule has 1 aliphatic heterocycles. The van der Waals surface area contributed by atoms with Gasteiger partial charge in [0.25, 0.3) is 0 Å². The molecule has 0 aromatic heterocycles. The van der Waals surface area contributed by atoms with E-state index in [9.17, 15) is 0 Å².